The molecule has 4 heterocycles. The molecule has 0 radical (unpaired) electrons. The van der Waals surface area contributed by atoms with E-state index in [-0.39, 0.29) is 6.04 Å². The van der Waals surface area contributed by atoms with Crippen LogP contribution in [0.4, 0.5) is 5.82 Å². The topological polar surface area (TPSA) is 98.3 Å². The number of aliphatic imine (C=N–C) groups is 1. The van der Waals surface area contributed by atoms with Crippen LogP contribution in [0.25, 0.3) is 11.6 Å². The van der Waals surface area contributed by atoms with Crippen LogP contribution in [-0.4, -0.2) is 49.4 Å². The van der Waals surface area contributed by atoms with E-state index in [9.17, 15) is 0 Å². The number of oxazole rings is 1. The van der Waals surface area contributed by atoms with E-state index in [0.29, 0.717) is 41.3 Å². The molecule has 1 aliphatic carbocycles. The van der Waals surface area contributed by atoms with Crippen molar-refractivity contribution in [3.8, 4) is 17.6 Å². The van der Waals surface area contributed by atoms with E-state index in [1.54, 1.807) is 24.2 Å². The van der Waals surface area contributed by atoms with Gasteiger partial charge in [0.25, 0.3) is 0 Å². The van der Waals surface area contributed by atoms with Crippen LogP contribution in [0.15, 0.2) is 46.3 Å². The molecule has 5 rings (SSSR count). The van der Waals surface area contributed by atoms with Crippen molar-refractivity contribution < 1.29 is 9.15 Å². The molecule has 3 aromatic rings. The molecule has 3 aromatic heterocycles. The molecule has 0 saturated heterocycles. The predicted molar refractivity (Wildman–Crippen MR) is 125 cm³/mol. The maximum absolute atomic E-state index is 6.04. The summed E-state index contributed by atoms with van der Waals surface area (Å²) >= 11 is 1.80. The molecule has 1 N–H and O–H groups in total. The lowest BCUT2D eigenvalue weighted by atomic mass is 10.2. The summed E-state index contributed by atoms with van der Waals surface area (Å²) < 4.78 is 11.6. The van der Waals surface area contributed by atoms with E-state index in [1.807, 2.05) is 25.3 Å². The fourth-order valence-corrected chi connectivity index (χ4v) is 5.07. The van der Waals surface area contributed by atoms with Gasteiger partial charge in [0.2, 0.25) is 5.89 Å². The highest BCUT2D eigenvalue weighted by Crippen LogP contribution is 2.46. The molecule has 1 aliphatic heterocycles. The van der Waals surface area contributed by atoms with Crippen LogP contribution >= 0.6 is 11.8 Å². The molecule has 0 aromatic carbocycles. The van der Waals surface area contributed by atoms with Crippen LogP contribution in [0.5, 0.6) is 6.01 Å². The highest BCUT2D eigenvalue weighted by Gasteiger charge is 2.40. The third kappa shape index (κ3) is 4.48. The molecule has 0 amide bonds. The second-order valence-electron chi connectivity index (χ2n) is 8.26. The Morgan fingerprint density at radius 2 is 2.09 bits per heavy atom. The molecule has 1 saturated carbocycles. The van der Waals surface area contributed by atoms with E-state index in [1.165, 1.54) is 0 Å². The maximum atomic E-state index is 6.04. The number of nitrogens with one attached hydrogen (secondary N) is 1. The monoisotopic (exact) mass is 450 g/mol. The van der Waals surface area contributed by atoms with Crippen molar-refractivity contribution in [1.29, 1.82) is 0 Å². The van der Waals surface area contributed by atoms with Crippen LogP contribution < -0.4 is 10.1 Å². The van der Waals surface area contributed by atoms with Gasteiger partial charge in [0.05, 0.1) is 29.1 Å². The van der Waals surface area contributed by atoms with Crippen molar-refractivity contribution in [3.05, 3.63) is 48.1 Å². The van der Waals surface area contributed by atoms with Gasteiger partial charge in [-0.25, -0.2) is 4.98 Å². The highest BCUT2D eigenvalue weighted by molar-refractivity contribution is 8.14. The first kappa shape index (κ1) is 20.9. The van der Waals surface area contributed by atoms with Crippen LogP contribution in [0.3, 0.4) is 0 Å². The minimum absolute atomic E-state index is 0.273. The fourth-order valence-electron chi connectivity index (χ4n) is 3.98. The minimum atomic E-state index is 0.273. The Labute approximate surface area is 191 Å². The summed E-state index contributed by atoms with van der Waals surface area (Å²) in [5, 5.41) is 4.97. The Balaban J connectivity index is 1.31. The van der Waals surface area contributed by atoms with E-state index in [2.05, 4.69) is 50.2 Å². The quantitative estimate of drug-likeness (QED) is 0.541. The van der Waals surface area contributed by atoms with Gasteiger partial charge in [0, 0.05) is 35.8 Å². The van der Waals surface area contributed by atoms with Crippen LogP contribution in [0, 0.1) is 12.8 Å². The van der Waals surface area contributed by atoms with Crippen LogP contribution in [-0.2, 0) is 0 Å². The fraction of sp³-hybridized carbons (Fsp3) is 0.435. The lowest BCUT2D eigenvalue weighted by Crippen LogP contribution is -2.24. The Kier molecular flexibility index (Phi) is 5.82. The second-order valence-corrected chi connectivity index (χ2v) is 9.69. The largest absolute Gasteiger partial charge is 0.463 e. The first-order valence-corrected chi connectivity index (χ1v) is 11.7. The van der Waals surface area contributed by atoms with Crippen LogP contribution in [0.1, 0.15) is 37.4 Å². The van der Waals surface area contributed by atoms with Crippen molar-refractivity contribution in [2.24, 2.45) is 10.9 Å². The van der Waals surface area contributed by atoms with Crippen molar-refractivity contribution in [2.75, 3.05) is 18.5 Å². The summed E-state index contributed by atoms with van der Waals surface area (Å²) in [4.78, 5) is 22.6. The third-order valence-corrected chi connectivity index (χ3v) is 7.20. The molecule has 32 heavy (non-hydrogen) atoms. The highest BCUT2D eigenvalue weighted by atomic mass is 32.2. The molecule has 2 aliphatic rings. The van der Waals surface area contributed by atoms with Gasteiger partial charge in [-0.3, -0.25) is 9.98 Å². The average molecular weight is 451 g/mol. The molecular formula is C23H26N6O2S. The van der Waals surface area contributed by atoms with E-state index in [4.69, 9.17) is 9.15 Å². The summed E-state index contributed by atoms with van der Waals surface area (Å²) in [6, 6.07) is 6.64. The van der Waals surface area contributed by atoms with Crippen molar-refractivity contribution in [2.45, 2.75) is 44.4 Å². The number of nitrogens with zero attached hydrogens (tertiary/aromatic N) is 5. The number of anilines is 1. The number of aromatic nitrogens is 4. The van der Waals surface area contributed by atoms with E-state index in [0.717, 1.165) is 35.1 Å². The Bertz CT molecular complexity index is 1110. The SMILES string of the molecule is CC1=NC(C)C(CNc2nc(OC[C@H]3C[C@@H]3c3ccccn3)nc(-c3ncco3)c2C)S1. The molecule has 2 unspecified atom stereocenters. The van der Waals surface area contributed by atoms with Crippen molar-refractivity contribution in [3.63, 3.8) is 0 Å². The first-order valence-electron chi connectivity index (χ1n) is 10.9. The first-order chi connectivity index (χ1) is 15.6. The Morgan fingerprint density at radius 1 is 1.19 bits per heavy atom. The smallest absolute Gasteiger partial charge is 0.319 e. The van der Waals surface area contributed by atoms with Gasteiger partial charge in [-0.15, -0.1) is 11.8 Å². The zero-order valence-corrected chi connectivity index (χ0v) is 19.2. The maximum Gasteiger partial charge on any atom is 0.319 e. The molecule has 166 valence electrons. The van der Waals surface area contributed by atoms with Gasteiger partial charge >= 0.3 is 6.01 Å². The van der Waals surface area contributed by atoms with Gasteiger partial charge in [-0.05, 0) is 39.3 Å². The van der Waals surface area contributed by atoms with Gasteiger partial charge in [-0.1, -0.05) is 6.07 Å². The number of hydrogen-bond acceptors (Lipinski definition) is 9. The Morgan fingerprint density at radius 3 is 2.81 bits per heavy atom. The van der Waals surface area contributed by atoms with Crippen LogP contribution in [0.2, 0.25) is 0 Å². The number of thioether (sulfide) groups is 1. The zero-order valence-electron chi connectivity index (χ0n) is 18.4. The molecule has 0 bridgehead atoms. The standard InChI is InChI=1S/C23H26N6O2S/c1-13-20(22-25-8-9-30-22)28-23(29-21(13)26-11-19-14(2)27-15(3)32-19)31-12-16-10-17(16)18-6-4-5-7-24-18/h4-9,14,16-17,19H,10-12H2,1-3H3,(H,26,28,29)/t14?,16-,17+,19?/m1/s1. The van der Waals surface area contributed by atoms with Gasteiger partial charge in [0.1, 0.15) is 17.8 Å². The summed E-state index contributed by atoms with van der Waals surface area (Å²) in [5.41, 5.74) is 2.64. The summed E-state index contributed by atoms with van der Waals surface area (Å²) in [7, 11) is 0. The predicted octanol–water partition coefficient (Wildman–Crippen LogP) is 4.35. The average Bonchev–Trinajstić information content (AvgIpc) is 3.21. The molecule has 4 atom stereocenters. The van der Waals surface area contributed by atoms with Crippen molar-refractivity contribution in [1.82, 2.24) is 19.9 Å². The van der Waals surface area contributed by atoms with Gasteiger partial charge in [-0.2, -0.15) is 9.97 Å². The number of hydrogen-bond donors (Lipinski definition) is 1. The van der Waals surface area contributed by atoms with E-state index < -0.39 is 0 Å². The molecule has 1 fully saturated rings. The molecular weight excluding hydrogens is 424 g/mol. The Hall–Kier alpha value is -2.94. The number of rotatable bonds is 8. The lowest BCUT2D eigenvalue weighted by molar-refractivity contribution is 0.274. The molecule has 8 nitrogen and oxygen atoms in total. The summed E-state index contributed by atoms with van der Waals surface area (Å²) in [5.74, 6) is 2.05. The van der Waals surface area contributed by atoms with E-state index >= 15 is 0 Å². The lowest BCUT2D eigenvalue weighted by Gasteiger charge is -2.17. The van der Waals surface area contributed by atoms with Gasteiger partial charge < -0.3 is 14.5 Å². The van der Waals surface area contributed by atoms with Crippen molar-refractivity contribution >= 4 is 22.6 Å². The second kappa shape index (κ2) is 8.90. The molecule has 9 heteroatoms. The zero-order chi connectivity index (χ0) is 22.1. The normalized spacial score (nSPS) is 24.3. The summed E-state index contributed by atoms with van der Waals surface area (Å²) in [6.07, 6.45) is 6.06. The summed E-state index contributed by atoms with van der Waals surface area (Å²) in [6.45, 7) is 7.47. The minimum Gasteiger partial charge on any atom is -0.463 e. The number of pyridine rings is 1. The third-order valence-electron chi connectivity index (χ3n) is 5.89. The number of ether oxygens (including phenoxy) is 1. The molecule has 0 spiro atoms. The van der Waals surface area contributed by atoms with Gasteiger partial charge in [0.15, 0.2) is 0 Å².